The quantitative estimate of drug-likeness (QED) is 0.816. The fraction of sp³-hybridized carbons (Fsp3) is 0.188. The number of sulfone groups is 1. The number of benzene rings is 2. The molecule has 2 aromatic rings. The summed E-state index contributed by atoms with van der Waals surface area (Å²) in [5.74, 6) is -1.85. The molecule has 0 unspecified atom stereocenters. The van der Waals surface area contributed by atoms with Gasteiger partial charge < -0.3 is 0 Å². The van der Waals surface area contributed by atoms with Crippen molar-refractivity contribution < 1.29 is 17.6 Å². The molecule has 110 valence electrons. The number of carbonyl (C=O) groups is 1. The van der Waals surface area contributed by atoms with Crippen LogP contribution in [0.1, 0.15) is 21.5 Å². The van der Waals surface area contributed by atoms with Crippen LogP contribution in [-0.2, 0) is 9.84 Å². The van der Waals surface area contributed by atoms with Crippen molar-refractivity contribution in [1.82, 2.24) is 0 Å². The van der Waals surface area contributed by atoms with E-state index in [1.54, 1.807) is 26.0 Å². The van der Waals surface area contributed by atoms with Crippen LogP contribution >= 0.6 is 0 Å². The highest BCUT2D eigenvalue weighted by Crippen LogP contribution is 2.19. The number of hydrogen-bond donors (Lipinski definition) is 0. The van der Waals surface area contributed by atoms with E-state index in [1.165, 1.54) is 18.2 Å². The molecule has 0 radical (unpaired) electrons. The molecular formula is C16H15FO3S. The number of rotatable bonds is 4. The molecule has 0 amide bonds. The molecule has 0 fully saturated rings. The third kappa shape index (κ3) is 3.55. The summed E-state index contributed by atoms with van der Waals surface area (Å²) in [5, 5.41) is 0. The summed E-state index contributed by atoms with van der Waals surface area (Å²) in [6.07, 6.45) is 0. The molecule has 0 aliphatic rings. The third-order valence-electron chi connectivity index (χ3n) is 3.15. The van der Waals surface area contributed by atoms with Crippen molar-refractivity contribution in [1.29, 1.82) is 0 Å². The molecule has 0 aromatic heterocycles. The summed E-state index contributed by atoms with van der Waals surface area (Å²) >= 11 is 0. The lowest BCUT2D eigenvalue weighted by molar-refractivity contribution is 0.102. The van der Waals surface area contributed by atoms with E-state index in [9.17, 15) is 17.6 Å². The Kier molecular flexibility index (Phi) is 4.23. The second-order valence-electron chi connectivity index (χ2n) is 4.96. The highest BCUT2D eigenvalue weighted by molar-refractivity contribution is 7.92. The summed E-state index contributed by atoms with van der Waals surface area (Å²) in [5.41, 5.74) is 1.45. The Balaban J connectivity index is 2.33. The fourth-order valence-corrected chi connectivity index (χ4v) is 3.63. The second kappa shape index (κ2) is 5.77. The number of hydrogen-bond acceptors (Lipinski definition) is 3. The Bertz CT molecular complexity index is 795. The van der Waals surface area contributed by atoms with Crippen molar-refractivity contribution in [3.05, 3.63) is 65.0 Å². The number of Topliss-reactive ketones (excluding diaryl/α,β-unsaturated/α-hetero) is 1. The molecule has 0 saturated heterocycles. The zero-order valence-electron chi connectivity index (χ0n) is 11.8. The molecule has 0 N–H and O–H groups in total. The van der Waals surface area contributed by atoms with Crippen LogP contribution in [0.4, 0.5) is 4.39 Å². The average molecular weight is 306 g/mol. The summed E-state index contributed by atoms with van der Waals surface area (Å²) < 4.78 is 37.8. The van der Waals surface area contributed by atoms with Crippen molar-refractivity contribution in [2.75, 3.05) is 5.75 Å². The van der Waals surface area contributed by atoms with Gasteiger partial charge in [0.15, 0.2) is 15.6 Å². The highest BCUT2D eigenvalue weighted by atomic mass is 32.2. The van der Waals surface area contributed by atoms with Crippen LogP contribution in [0.15, 0.2) is 47.4 Å². The standard InChI is InChI=1S/C16H15FO3S/c1-11-6-7-12(2)16(8-11)21(19,20)10-15(18)13-4-3-5-14(17)9-13/h3-9H,10H2,1-2H3. The lowest BCUT2D eigenvalue weighted by Crippen LogP contribution is -2.17. The van der Waals surface area contributed by atoms with E-state index in [4.69, 9.17) is 0 Å². The minimum Gasteiger partial charge on any atom is -0.293 e. The summed E-state index contributed by atoms with van der Waals surface area (Å²) in [7, 11) is -3.75. The zero-order chi connectivity index (χ0) is 15.6. The molecule has 0 saturated carbocycles. The van der Waals surface area contributed by atoms with E-state index >= 15 is 0 Å². The van der Waals surface area contributed by atoms with Gasteiger partial charge in [0.05, 0.1) is 4.90 Å². The molecular weight excluding hydrogens is 291 g/mol. The summed E-state index contributed by atoms with van der Waals surface area (Å²) in [4.78, 5) is 12.2. The Morgan fingerprint density at radius 2 is 1.81 bits per heavy atom. The van der Waals surface area contributed by atoms with Crippen molar-refractivity contribution in [3.63, 3.8) is 0 Å². The molecule has 0 spiro atoms. The van der Waals surface area contributed by atoms with Gasteiger partial charge >= 0.3 is 0 Å². The van der Waals surface area contributed by atoms with E-state index in [2.05, 4.69) is 0 Å². The SMILES string of the molecule is Cc1ccc(C)c(S(=O)(=O)CC(=O)c2cccc(F)c2)c1. The highest BCUT2D eigenvalue weighted by Gasteiger charge is 2.22. The zero-order valence-corrected chi connectivity index (χ0v) is 12.6. The molecule has 21 heavy (non-hydrogen) atoms. The van der Waals surface area contributed by atoms with Gasteiger partial charge in [-0.05, 0) is 43.2 Å². The van der Waals surface area contributed by atoms with Crippen LogP contribution in [0, 0.1) is 19.7 Å². The van der Waals surface area contributed by atoms with Crippen molar-refractivity contribution in [2.45, 2.75) is 18.7 Å². The number of halogens is 1. The minimum atomic E-state index is -3.75. The van der Waals surface area contributed by atoms with Crippen molar-refractivity contribution in [2.24, 2.45) is 0 Å². The minimum absolute atomic E-state index is 0.0591. The van der Waals surface area contributed by atoms with Crippen LogP contribution in [0.25, 0.3) is 0 Å². The first kappa shape index (κ1) is 15.4. The maximum Gasteiger partial charge on any atom is 0.186 e. The van der Waals surface area contributed by atoms with Crippen LogP contribution in [0.5, 0.6) is 0 Å². The van der Waals surface area contributed by atoms with E-state index in [0.29, 0.717) is 5.56 Å². The normalized spacial score (nSPS) is 11.4. The van der Waals surface area contributed by atoms with Gasteiger partial charge in [-0.2, -0.15) is 0 Å². The predicted octanol–water partition coefficient (Wildman–Crippen LogP) is 3.10. The van der Waals surface area contributed by atoms with Gasteiger partial charge in [-0.25, -0.2) is 12.8 Å². The van der Waals surface area contributed by atoms with E-state index < -0.39 is 27.2 Å². The van der Waals surface area contributed by atoms with Crippen molar-refractivity contribution >= 4 is 15.6 Å². The lowest BCUT2D eigenvalue weighted by atomic mass is 10.1. The maximum atomic E-state index is 13.1. The molecule has 0 aliphatic carbocycles. The predicted molar refractivity (Wildman–Crippen MR) is 78.7 cm³/mol. The van der Waals surface area contributed by atoms with Gasteiger partial charge in [0.1, 0.15) is 11.6 Å². The smallest absolute Gasteiger partial charge is 0.186 e. The van der Waals surface area contributed by atoms with Gasteiger partial charge in [0, 0.05) is 5.56 Å². The third-order valence-corrected chi connectivity index (χ3v) is 4.90. The fourth-order valence-electron chi connectivity index (χ4n) is 2.04. The lowest BCUT2D eigenvalue weighted by Gasteiger charge is -2.08. The van der Waals surface area contributed by atoms with E-state index in [0.717, 1.165) is 11.6 Å². The number of ketones is 1. The molecule has 0 aliphatic heterocycles. The first-order valence-corrected chi connectivity index (χ1v) is 8.03. The Morgan fingerprint density at radius 3 is 2.48 bits per heavy atom. The van der Waals surface area contributed by atoms with Gasteiger partial charge in [-0.15, -0.1) is 0 Å². The first-order valence-electron chi connectivity index (χ1n) is 6.38. The van der Waals surface area contributed by atoms with E-state index in [1.807, 2.05) is 6.07 Å². The molecule has 0 atom stereocenters. The molecule has 5 heteroatoms. The van der Waals surface area contributed by atoms with Crippen LogP contribution < -0.4 is 0 Å². The van der Waals surface area contributed by atoms with Gasteiger partial charge in [0.25, 0.3) is 0 Å². The Labute approximate surface area is 123 Å². The summed E-state index contributed by atoms with van der Waals surface area (Å²) in [6.45, 7) is 3.46. The van der Waals surface area contributed by atoms with Crippen LogP contribution in [-0.4, -0.2) is 20.0 Å². The molecule has 0 heterocycles. The molecule has 2 rings (SSSR count). The largest absolute Gasteiger partial charge is 0.293 e. The number of carbonyl (C=O) groups excluding carboxylic acids is 1. The van der Waals surface area contributed by atoms with Crippen LogP contribution in [0.3, 0.4) is 0 Å². The first-order chi connectivity index (χ1) is 9.79. The van der Waals surface area contributed by atoms with Crippen molar-refractivity contribution in [3.8, 4) is 0 Å². The Hall–Kier alpha value is -2.01. The van der Waals surface area contributed by atoms with Gasteiger partial charge in [-0.3, -0.25) is 4.79 Å². The maximum absolute atomic E-state index is 13.1. The molecule has 2 aromatic carbocycles. The Morgan fingerprint density at radius 1 is 1.10 bits per heavy atom. The topological polar surface area (TPSA) is 51.2 Å². The molecule has 0 bridgehead atoms. The van der Waals surface area contributed by atoms with Gasteiger partial charge in [-0.1, -0.05) is 24.3 Å². The van der Waals surface area contributed by atoms with Crippen LogP contribution in [0.2, 0.25) is 0 Å². The average Bonchev–Trinajstić information content (AvgIpc) is 2.41. The van der Waals surface area contributed by atoms with Gasteiger partial charge in [0.2, 0.25) is 0 Å². The second-order valence-corrected chi connectivity index (χ2v) is 6.92. The monoisotopic (exact) mass is 306 g/mol. The summed E-state index contributed by atoms with van der Waals surface area (Å²) in [6, 6.07) is 10.1. The van der Waals surface area contributed by atoms with E-state index in [-0.39, 0.29) is 10.5 Å². The molecule has 3 nitrogen and oxygen atoms in total. The number of aryl methyl sites for hydroxylation is 2.